The van der Waals surface area contributed by atoms with Crippen molar-refractivity contribution in [3.8, 4) is 11.4 Å². The predicted octanol–water partition coefficient (Wildman–Crippen LogP) is 1.84. The van der Waals surface area contributed by atoms with Crippen molar-refractivity contribution in [1.29, 1.82) is 0 Å². The summed E-state index contributed by atoms with van der Waals surface area (Å²) in [6.07, 6.45) is 1.20. The SMILES string of the molecule is CC(C)(C)OC(=O)N1CCN(C(N)=NCc2cccc(-c3ncn[nH]3)c2)CC1. The summed E-state index contributed by atoms with van der Waals surface area (Å²) in [5.74, 6) is 1.20. The van der Waals surface area contributed by atoms with E-state index in [4.69, 9.17) is 10.5 Å². The fourth-order valence-electron chi connectivity index (χ4n) is 2.88. The van der Waals surface area contributed by atoms with Crippen LogP contribution in [-0.4, -0.2) is 68.8 Å². The summed E-state index contributed by atoms with van der Waals surface area (Å²) in [5, 5.41) is 6.73. The third-order valence-corrected chi connectivity index (χ3v) is 4.29. The van der Waals surface area contributed by atoms with Crippen LogP contribution in [0.3, 0.4) is 0 Å². The second-order valence-electron chi connectivity index (χ2n) is 7.66. The number of aromatic nitrogens is 3. The van der Waals surface area contributed by atoms with E-state index in [2.05, 4.69) is 20.2 Å². The number of aromatic amines is 1. The van der Waals surface area contributed by atoms with Crippen LogP contribution in [-0.2, 0) is 11.3 Å². The molecule has 1 amide bonds. The van der Waals surface area contributed by atoms with E-state index in [0.717, 1.165) is 17.0 Å². The van der Waals surface area contributed by atoms with E-state index >= 15 is 0 Å². The molecule has 9 heteroatoms. The molecular weight excluding hydrogens is 358 g/mol. The fraction of sp³-hybridized carbons (Fsp3) is 0.474. The number of nitrogens with two attached hydrogens (primary N) is 1. The highest BCUT2D eigenvalue weighted by atomic mass is 16.6. The van der Waals surface area contributed by atoms with Crippen LogP contribution in [0.5, 0.6) is 0 Å². The van der Waals surface area contributed by atoms with E-state index < -0.39 is 5.60 Å². The van der Waals surface area contributed by atoms with Crippen LogP contribution in [0.2, 0.25) is 0 Å². The van der Waals surface area contributed by atoms with Gasteiger partial charge in [0.2, 0.25) is 0 Å². The molecule has 28 heavy (non-hydrogen) atoms. The van der Waals surface area contributed by atoms with Crippen LogP contribution < -0.4 is 5.73 Å². The Balaban J connectivity index is 1.54. The number of hydrogen-bond donors (Lipinski definition) is 2. The highest BCUT2D eigenvalue weighted by molar-refractivity contribution is 5.78. The summed E-state index contributed by atoms with van der Waals surface area (Å²) in [5.41, 5.74) is 7.66. The lowest BCUT2D eigenvalue weighted by molar-refractivity contribution is 0.0186. The van der Waals surface area contributed by atoms with Crippen LogP contribution in [0.1, 0.15) is 26.3 Å². The van der Waals surface area contributed by atoms with Gasteiger partial charge in [-0.25, -0.2) is 14.8 Å². The zero-order valence-corrected chi connectivity index (χ0v) is 16.6. The van der Waals surface area contributed by atoms with Gasteiger partial charge in [0, 0.05) is 31.7 Å². The Bertz CT molecular complexity index is 819. The molecule has 3 N–H and O–H groups in total. The van der Waals surface area contributed by atoms with Gasteiger partial charge in [0.15, 0.2) is 11.8 Å². The number of nitrogens with zero attached hydrogens (tertiary/aromatic N) is 5. The number of guanidine groups is 1. The molecule has 3 rings (SSSR count). The van der Waals surface area contributed by atoms with Crippen LogP contribution >= 0.6 is 0 Å². The smallest absolute Gasteiger partial charge is 0.410 e. The first kappa shape index (κ1) is 19.7. The number of nitrogens with one attached hydrogen (secondary N) is 1. The number of benzene rings is 1. The second-order valence-corrected chi connectivity index (χ2v) is 7.66. The molecule has 1 aromatic carbocycles. The molecule has 2 heterocycles. The van der Waals surface area contributed by atoms with Gasteiger partial charge in [-0.15, -0.1) is 0 Å². The maximum atomic E-state index is 12.1. The van der Waals surface area contributed by atoms with Crippen LogP contribution in [0, 0.1) is 0 Å². The van der Waals surface area contributed by atoms with Gasteiger partial charge in [-0.05, 0) is 32.4 Å². The average Bonchev–Trinajstić information content (AvgIpc) is 3.20. The number of carbonyl (C=O) groups is 1. The monoisotopic (exact) mass is 385 g/mol. The Morgan fingerprint density at radius 1 is 1.25 bits per heavy atom. The standard InChI is InChI=1S/C19H27N7O2/c1-19(2,3)28-18(27)26-9-7-25(8-10-26)17(20)21-12-14-5-4-6-15(11-14)16-22-13-23-24-16/h4-6,11,13H,7-10,12H2,1-3H3,(H2,20,21)(H,22,23,24). The van der Waals surface area contributed by atoms with Gasteiger partial charge in [-0.1, -0.05) is 18.2 Å². The summed E-state index contributed by atoms with van der Waals surface area (Å²) in [4.78, 5) is 24.5. The molecule has 0 radical (unpaired) electrons. The molecule has 1 saturated heterocycles. The fourth-order valence-corrected chi connectivity index (χ4v) is 2.88. The molecule has 150 valence electrons. The molecule has 1 fully saturated rings. The molecule has 1 aromatic heterocycles. The minimum Gasteiger partial charge on any atom is -0.444 e. The normalized spacial score (nSPS) is 15.6. The number of ether oxygens (including phenoxy) is 1. The van der Waals surface area contributed by atoms with Gasteiger partial charge in [0.25, 0.3) is 0 Å². The zero-order valence-electron chi connectivity index (χ0n) is 16.6. The minimum atomic E-state index is -0.491. The number of amides is 1. The van der Waals surface area contributed by atoms with Crippen molar-refractivity contribution in [2.24, 2.45) is 10.7 Å². The molecule has 9 nitrogen and oxygen atoms in total. The van der Waals surface area contributed by atoms with Crippen molar-refractivity contribution in [2.75, 3.05) is 26.2 Å². The van der Waals surface area contributed by atoms with Crippen molar-refractivity contribution < 1.29 is 9.53 Å². The molecule has 0 atom stereocenters. The first-order valence-corrected chi connectivity index (χ1v) is 9.29. The Kier molecular flexibility index (Phi) is 5.81. The number of piperazine rings is 1. The second kappa shape index (κ2) is 8.28. The highest BCUT2D eigenvalue weighted by Crippen LogP contribution is 2.16. The van der Waals surface area contributed by atoms with Gasteiger partial charge in [0.05, 0.1) is 6.54 Å². The van der Waals surface area contributed by atoms with Gasteiger partial charge in [-0.2, -0.15) is 5.10 Å². The van der Waals surface area contributed by atoms with Gasteiger partial charge >= 0.3 is 6.09 Å². The van der Waals surface area contributed by atoms with E-state index in [-0.39, 0.29) is 6.09 Å². The maximum absolute atomic E-state index is 12.1. The van der Waals surface area contributed by atoms with Crippen LogP contribution in [0.15, 0.2) is 35.6 Å². The quantitative estimate of drug-likeness (QED) is 0.616. The molecule has 2 aromatic rings. The average molecular weight is 385 g/mol. The summed E-state index contributed by atoms with van der Waals surface area (Å²) < 4.78 is 5.41. The molecule has 1 aliphatic rings. The zero-order chi connectivity index (χ0) is 20.1. The molecule has 0 bridgehead atoms. The Labute approximate surface area is 164 Å². The van der Waals surface area contributed by atoms with Gasteiger partial charge < -0.3 is 20.3 Å². The number of carbonyl (C=O) groups excluding carboxylic acids is 1. The number of H-pyrrole nitrogens is 1. The van der Waals surface area contributed by atoms with Crippen molar-refractivity contribution in [1.82, 2.24) is 25.0 Å². The first-order chi connectivity index (χ1) is 13.3. The lowest BCUT2D eigenvalue weighted by Crippen LogP contribution is -2.53. The Morgan fingerprint density at radius 2 is 1.96 bits per heavy atom. The van der Waals surface area contributed by atoms with Crippen molar-refractivity contribution >= 4 is 12.1 Å². The number of hydrogen-bond acceptors (Lipinski definition) is 5. The summed E-state index contributed by atoms with van der Waals surface area (Å²) in [6.45, 7) is 8.45. The van der Waals surface area contributed by atoms with E-state index in [1.54, 1.807) is 4.90 Å². The topological polar surface area (TPSA) is 113 Å². The van der Waals surface area contributed by atoms with Crippen LogP contribution in [0.25, 0.3) is 11.4 Å². The molecule has 0 aliphatic carbocycles. The number of rotatable bonds is 3. The molecule has 0 spiro atoms. The van der Waals surface area contributed by atoms with E-state index in [0.29, 0.717) is 38.7 Å². The number of aliphatic imine (C=N–C) groups is 1. The lowest BCUT2D eigenvalue weighted by atomic mass is 10.1. The first-order valence-electron chi connectivity index (χ1n) is 9.29. The van der Waals surface area contributed by atoms with Crippen molar-refractivity contribution in [3.05, 3.63) is 36.2 Å². The van der Waals surface area contributed by atoms with Gasteiger partial charge in [0.1, 0.15) is 11.9 Å². The van der Waals surface area contributed by atoms with Gasteiger partial charge in [-0.3, -0.25) is 5.10 Å². The lowest BCUT2D eigenvalue weighted by Gasteiger charge is -2.36. The molecule has 0 unspecified atom stereocenters. The minimum absolute atomic E-state index is 0.285. The van der Waals surface area contributed by atoms with E-state index in [9.17, 15) is 4.79 Å². The van der Waals surface area contributed by atoms with Crippen molar-refractivity contribution in [2.45, 2.75) is 32.9 Å². The summed E-state index contributed by atoms with van der Waals surface area (Å²) in [6, 6.07) is 7.93. The van der Waals surface area contributed by atoms with E-state index in [1.807, 2.05) is 49.9 Å². The summed E-state index contributed by atoms with van der Waals surface area (Å²) >= 11 is 0. The molecular formula is C19H27N7O2. The van der Waals surface area contributed by atoms with Crippen LogP contribution in [0.4, 0.5) is 4.79 Å². The predicted molar refractivity (Wildman–Crippen MR) is 107 cm³/mol. The maximum Gasteiger partial charge on any atom is 0.410 e. The molecule has 1 aliphatic heterocycles. The highest BCUT2D eigenvalue weighted by Gasteiger charge is 2.26. The Morgan fingerprint density at radius 3 is 2.61 bits per heavy atom. The Hall–Kier alpha value is -3.10. The largest absolute Gasteiger partial charge is 0.444 e. The van der Waals surface area contributed by atoms with Crippen molar-refractivity contribution in [3.63, 3.8) is 0 Å². The van der Waals surface area contributed by atoms with E-state index in [1.165, 1.54) is 6.33 Å². The third kappa shape index (κ3) is 5.21. The summed E-state index contributed by atoms with van der Waals surface area (Å²) in [7, 11) is 0. The third-order valence-electron chi connectivity index (χ3n) is 4.29. The molecule has 0 saturated carbocycles.